The molecule has 3 heterocycles. The Labute approximate surface area is 159 Å². The van der Waals surface area contributed by atoms with Gasteiger partial charge < -0.3 is 14.5 Å². The molecule has 7 nitrogen and oxygen atoms in total. The van der Waals surface area contributed by atoms with Crippen molar-refractivity contribution in [3.8, 4) is 5.75 Å². The number of para-hydroxylation sites is 1. The Morgan fingerprint density at radius 3 is 2.67 bits per heavy atom. The van der Waals surface area contributed by atoms with Crippen LogP contribution >= 0.6 is 0 Å². The number of H-pyrrole nitrogens is 1. The fraction of sp³-hybridized carbons (Fsp3) is 0.526. The molecule has 1 spiro atoms. The molecule has 0 bridgehead atoms. The van der Waals surface area contributed by atoms with Crippen molar-refractivity contribution in [1.82, 2.24) is 14.3 Å². The van der Waals surface area contributed by atoms with Gasteiger partial charge in [-0.1, -0.05) is 32.0 Å². The van der Waals surface area contributed by atoms with Crippen LogP contribution in [0.2, 0.25) is 0 Å². The highest BCUT2D eigenvalue weighted by Gasteiger charge is 2.43. The number of aromatic nitrogens is 2. The molecule has 1 saturated heterocycles. The molecule has 1 N–H and O–H groups in total. The average Bonchev–Trinajstić information content (AvgIpc) is 3.09. The first-order valence-corrected chi connectivity index (χ1v) is 10.7. The molecule has 0 amide bonds. The van der Waals surface area contributed by atoms with E-state index in [2.05, 4.69) is 9.97 Å². The van der Waals surface area contributed by atoms with Crippen molar-refractivity contribution in [3.05, 3.63) is 41.9 Å². The summed E-state index contributed by atoms with van der Waals surface area (Å²) < 4.78 is 40.1. The van der Waals surface area contributed by atoms with E-state index in [1.165, 1.54) is 10.5 Å². The van der Waals surface area contributed by atoms with Gasteiger partial charge in [-0.15, -0.1) is 0 Å². The van der Waals surface area contributed by atoms with Gasteiger partial charge in [0.2, 0.25) is 0 Å². The van der Waals surface area contributed by atoms with Gasteiger partial charge in [0.1, 0.15) is 17.2 Å². The molecule has 4 rings (SSSR count). The normalized spacial score (nSPS) is 20.3. The molecule has 0 unspecified atom stereocenters. The summed E-state index contributed by atoms with van der Waals surface area (Å²) in [6, 6.07) is 7.65. The molecule has 0 saturated carbocycles. The topological polar surface area (TPSA) is 84.5 Å². The molecule has 27 heavy (non-hydrogen) atoms. The predicted molar refractivity (Wildman–Crippen MR) is 100 cm³/mol. The summed E-state index contributed by atoms with van der Waals surface area (Å²) in [4.78, 5) is 7.22. The minimum absolute atomic E-state index is 0.129. The Balaban J connectivity index is 1.74. The summed E-state index contributed by atoms with van der Waals surface area (Å²) in [5.41, 5.74) is 0.298. The van der Waals surface area contributed by atoms with E-state index < -0.39 is 15.6 Å². The Bertz CT molecular complexity index is 917. The number of ether oxygens (including phenoxy) is 2. The van der Waals surface area contributed by atoms with E-state index >= 15 is 0 Å². The molecule has 1 aromatic heterocycles. The molecule has 2 aliphatic rings. The maximum absolute atomic E-state index is 13.4. The van der Waals surface area contributed by atoms with Crippen LogP contribution in [0.1, 0.15) is 44.0 Å². The van der Waals surface area contributed by atoms with Crippen molar-refractivity contribution in [2.45, 2.75) is 49.8 Å². The van der Waals surface area contributed by atoms with E-state index in [0.29, 0.717) is 38.4 Å². The third-order valence-electron chi connectivity index (χ3n) is 5.25. The third kappa shape index (κ3) is 3.49. The van der Waals surface area contributed by atoms with Gasteiger partial charge in [0.25, 0.3) is 10.0 Å². The number of aromatic amines is 1. The van der Waals surface area contributed by atoms with Crippen molar-refractivity contribution >= 4 is 10.0 Å². The Morgan fingerprint density at radius 1 is 1.22 bits per heavy atom. The lowest BCUT2D eigenvalue weighted by atomic mass is 9.94. The summed E-state index contributed by atoms with van der Waals surface area (Å²) in [6.07, 6.45) is 2.74. The molecule has 8 heteroatoms. The summed E-state index contributed by atoms with van der Waals surface area (Å²) in [6.45, 7) is 5.65. The first-order valence-electron chi connectivity index (χ1n) is 9.29. The van der Waals surface area contributed by atoms with Crippen LogP contribution in [-0.4, -0.2) is 48.1 Å². The van der Waals surface area contributed by atoms with Crippen molar-refractivity contribution in [3.63, 3.8) is 0 Å². The molecular formula is C19H25N3O4S. The first kappa shape index (κ1) is 18.5. The number of nitrogens with zero attached hydrogens (tertiary/aromatic N) is 2. The van der Waals surface area contributed by atoms with Gasteiger partial charge >= 0.3 is 0 Å². The smallest absolute Gasteiger partial charge is 0.260 e. The molecule has 2 aliphatic heterocycles. The minimum Gasteiger partial charge on any atom is -0.485 e. The molecule has 146 valence electrons. The highest BCUT2D eigenvalue weighted by atomic mass is 32.2. The number of rotatable bonds is 3. The monoisotopic (exact) mass is 391 g/mol. The second-order valence-electron chi connectivity index (χ2n) is 7.57. The van der Waals surface area contributed by atoms with Crippen LogP contribution in [0, 0.1) is 0 Å². The van der Waals surface area contributed by atoms with E-state index in [1.807, 2.05) is 38.1 Å². The number of imidazole rings is 1. The molecule has 1 aromatic carbocycles. The second kappa shape index (κ2) is 6.92. The summed E-state index contributed by atoms with van der Waals surface area (Å²) in [7, 11) is -3.72. The van der Waals surface area contributed by atoms with Crippen molar-refractivity contribution in [1.29, 1.82) is 0 Å². The van der Waals surface area contributed by atoms with Gasteiger partial charge in [-0.2, -0.15) is 4.31 Å². The maximum atomic E-state index is 13.4. The van der Waals surface area contributed by atoms with Crippen molar-refractivity contribution in [2.75, 3.05) is 19.8 Å². The van der Waals surface area contributed by atoms with E-state index in [-0.39, 0.29) is 17.5 Å². The average molecular weight is 391 g/mol. The fourth-order valence-electron chi connectivity index (χ4n) is 3.62. The van der Waals surface area contributed by atoms with Crippen LogP contribution in [0.25, 0.3) is 0 Å². The lowest BCUT2D eigenvalue weighted by molar-refractivity contribution is -0.0500. The molecule has 0 aliphatic carbocycles. The minimum atomic E-state index is -3.72. The van der Waals surface area contributed by atoms with Crippen LogP contribution in [0.5, 0.6) is 5.75 Å². The highest BCUT2D eigenvalue weighted by molar-refractivity contribution is 7.89. The van der Waals surface area contributed by atoms with Crippen LogP contribution < -0.4 is 4.74 Å². The number of nitrogens with one attached hydrogen (secondary N) is 1. The number of hydrogen-bond acceptors (Lipinski definition) is 5. The number of hydrogen-bond donors (Lipinski definition) is 1. The standard InChI is InChI=1S/C19H25N3O4S/c1-14(2)18-20-11-17(21-18)27(23,24)22-12-15-5-3-4-6-16(15)26-19(13-22)7-9-25-10-8-19/h3-6,11,14H,7-10,12-13H2,1-2H3,(H,20,21). The largest absolute Gasteiger partial charge is 0.485 e. The van der Waals surface area contributed by atoms with E-state index in [1.54, 1.807) is 0 Å². The number of benzene rings is 1. The number of sulfonamides is 1. The molecular weight excluding hydrogens is 366 g/mol. The van der Waals surface area contributed by atoms with Crippen LogP contribution in [0.3, 0.4) is 0 Å². The van der Waals surface area contributed by atoms with E-state index in [9.17, 15) is 8.42 Å². The first-order chi connectivity index (χ1) is 12.9. The van der Waals surface area contributed by atoms with Gasteiger partial charge in [0, 0.05) is 30.9 Å². The second-order valence-corrected chi connectivity index (χ2v) is 9.47. The third-order valence-corrected chi connectivity index (χ3v) is 6.95. The SMILES string of the molecule is CC(C)c1ncc(S(=O)(=O)N2Cc3ccccc3OC3(CCOCC3)C2)[nH]1. The van der Waals surface area contributed by atoms with Crippen LogP contribution in [-0.2, 0) is 21.3 Å². The molecule has 0 radical (unpaired) electrons. The van der Waals surface area contributed by atoms with Gasteiger partial charge in [-0.05, 0) is 6.07 Å². The van der Waals surface area contributed by atoms with Gasteiger partial charge in [0.05, 0.1) is 26.0 Å². The van der Waals surface area contributed by atoms with Crippen LogP contribution in [0.4, 0.5) is 0 Å². The van der Waals surface area contributed by atoms with E-state index in [4.69, 9.17) is 9.47 Å². The summed E-state index contributed by atoms with van der Waals surface area (Å²) in [5, 5.41) is 0.132. The van der Waals surface area contributed by atoms with Gasteiger partial charge in [-0.3, -0.25) is 0 Å². The van der Waals surface area contributed by atoms with E-state index in [0.717, 1.165) is 11.3 Å². The van der Waals surface area contributed by atoms with Crippen LogP contribution in [0.15, 0.2) is 35.5 Å². The summed E-state index contributed by atoms with van der Waals surface area (Å²) >= 11 is 0. The summed E-state index contributed by atoms with van der Waals surface area (Å²) in [5.74, 6) is 1.55. The molecule has 0 atom stereocenters. The molecule has 2 aromatic rings. The Morgan fingerprint density at radius 2 is 1.96 bits per heavy atom. The zero-order valence-corrected chi connectivity index (χ0v) is 16.5. The lowest BCUT2D eigenvalue weighted by Gasteiger charge is -2.38. The van der Waals surface area contributed by atoms with Gasteiger partial charge in [-0.25, -0.2) is 13.4 Å². The number of fused-ring (bicyclic) bond motifs is 1. The van der Waals surface area contributed by atoms with Crippen molar-refractivity contribution < 1.29 is 17.9 Å². The molecule has 1 fully saturated rings. The van der Waals surface area contributed by atoms with Crippen molar-refractivity contribution in [2.24, 2.45) is 0 Å². The van der Waals surface area contributed by atoms with Gasteiger partial charge in [0.15, 0.2) is 5.03 Å². The maximum Gasteiger partial charge on any atom is 0.260 e. The quantitative estimate of drug-likeness (QED) is 0.870. The Hall–Kier alpha value is -1.90. The zero-order chi connectivity index (χ0) is 19.1. The fourth-order valence-corrected chi connectivity index (χ4v) is 5.03. The predicted octanol–water partition coefficient (Wildman–Crippen LogP) is 2.67. The zero-order valence-electron chi connectivity index (χ0n) is 15.6. The Kier molecular flexibility index (Phi) is 4.73. The lowest BCUT2D eigenvalue weighted by Crippen LogP contribution is -2.50. The highest BCUT2D eigenvalue weighted by Crippen LogP contribution is 2.36.